The van der Waals surface area contributed by atoms with Crippen molar-refractivity contribution >= 4 is 11.8 Å². The molecule has 0 saturated heterocycles. The number of aliphatic hydroxyl groups excluding tert-OH is 1. The van der Waals surface area contributed by atoms with Crippen molar-refractivity contribution in [1.29, 1.82) is 0 Å². The van der Waals surface area contributed by atoms with Crippen LogP contribution in [-0.2, 0) is 6.54 Å². The Morgan fingerprint density at radius 3 is 2.71 bits per heavy atom. The van der Waals surface area contributed by atoms with E-state index in [4.69, 9.17) is 5.11 Å². The minimum atomic E-state index is -0.00986. The zero-order valence-electron chi connectivity index (χ0n) is 9.28. The maximum absolute atomic E-state index is 8.95. The van der Waals surface area contributed by atoms with Crippen LogP contribution in [0.3, 0.4) is 0 Å². The number of rotatable bonds is 5. The summed E-state index contributed by atoms with van der Waals surface area (Å²) in [4.78, 5) is 0. The van der Waals surface area contributed by atoms with Gasteiger partial charge in [0.15, 0.2) is 11.0 Å². The number of aromatic nitrogens is 3. The molecule has 0 aliphatic carbocycles. The highest BCUT2D eigenvalue weighted by Crippen LogP contribution is 2.23. The average Bonchev–Trinajstić information content (AvgIpc) is 2.75. The molecular formula is C12H13N3OS. The van der Waals surface area contributed by atoms with E-state index in [-0.39, 0.29) is 5.94 Å². The summed E-state index contributed by atoms with van der Waals surface area (Å²) in [5.74, 6) is 0.783. The van der Waals surface area contributed by atoms with Crippen molar-refractivity contribution in [2.45, 2.75) is 11.7 Å². The second-order valence-corrected chi connectivity index (χ2v) is 4.26. The van der Waals surface area contributed by atoms with Crippen molar-refractivity contribution in [2.24, 2.45) is 0 Å². The largest absolute Gasteiger partial charge is 0.385 e. The Hall–Kier alpha value is -1.59. The van der Waals surface area contributed by atoms with Crippen LogP contribution in [0.25, 0.3) is 11.4 Å². The molecular weight excluding hydrogens is 234 g/mol. The van der Waals surface area contributed by atoms with Gasteiger partial charge in [-0.1, -0.05) is 48.2 Å². The van der Waals surface area contributed by atoms with Crippen molar-refractivity contribution in [3.8, 4) is 11.4 Å². The molecule has 17 heavy (non-hydrogen) atoms. The van der Waals surface area contributed by atoms with E-state index in [1.54, 1.807) is 6.08 Å². The number of hydrogen-bond acceptors (Lipinski definition) is 4. The fourth-order valence-corrected chi connectivity index (χ4v) is 2.08. The molecule has 0 aliphatic heterocycles. The lowest BCUT2D eigenvalue weighted by Gasteiger charge is -2.06. The van der Waals surface area contributed by atoms with Crippen molar-refractivity contribution < 1.29 is 5.11 Å². The molecule has 0 radical (unpaired) electrons. The average molecular weight is 247 g/mol. The smallest absolute Gasteiger partial charge is 0.194 e. The van der Waals surface area contributed by atoms with Crippen LogP contribution >= 0.6 is 11.8 Å². The van der Waals surface area contributed by atoms with Gasteiger partial charge in [-0.3, -0.25) is 4.57 Å². The Labute approximate surface area is 104 Å². The molecule has 0 unspecified atom stereocenters. The Kier molecular flexibility index (Phi) is 3.95. The quantitative estimate of drug-likeness (QED) is 0.500. The van der Waals surface area contributed by atoms with Gasteiger partial charge >= 0.3 is 0 Å². The Balaban J connectivity index is 2.43. The topological polar surface area (TPSA) is 50.9 Å². The van der Waals surface area contributed by atoms with Gasteiger partial charge in [0.2, 0.25) is 0 Å². The zero-order chi connectivity index (χ0) is 12.1. The first-order chi connectivity index (χ1) is 8.36. The van der Waals surface area contributed by atoms with Crippen LogP contribution < -0.4 is 0 Å². The van der Waals surface area contributed by atoms with Gasteiger partial charge in [0.25, 0.3) is 0 Å². The molecule has 1 N–H and O–H groups in total. The molecule has 2 rings (SSSR count). The van der Waals surface area contributed by atoms with Crippen LogP contribution in [0, 0.1) is 0 Å². The third-order valence-corrected chi connectivity index (χ3v) is 2.94. The molecule has 0 fully saturated rings. The second-order valence-electron chi connectivity index (χ2n) is 3.34. The molecule has 1 heterocycles. The van der Waals surface area contributed by atoms with Crippen molar-refractivity contribution in [3.05, 3.63) is 43.0 Å². The van der Waals surface area contributed by atoms with E-state index in [1.165, 1.54) is 11.8 Å². The first-order valence-electron chi connectivity index (χ1n) is 5.20. The Bertz CT molecular complexity index is 496. The number of thioether (sulfide) groups is 1. The number of allylic oxidation sites excluding steroid dienone is 1. The highest BCUT2D eigenvalue weighted by atomic mass is 32.2. The molecule has 1 aromatic carbocycles. The molecule has 0 amide bonds. The molecule has 0 aliphatic rings. The van der Waals surface area contributed by atoms with Gasteiger partial charge in [-0.2, -0.15) is 0 Å². The van der Waals surface area contributed by atoms with Gasteiger partial charge in [0, 0.05) is 12.1 Å². The van der Waals surface area contributed by atoms with E-state index in [2.05, 4.69) is 16.8 Å². The Morgan fingerprint density at radius 1 is 1.29 bits per heavy atom. The van der Waals surface area contributed by atoms with Crippen LogP contribution in [0.5, 0.6) is 0 Å². The third kappa shape index (κ3) is 2.57. The molecule has 1 aromatic heterocycles. The van der Waals surface area contributed by atoms with Crippen molar-refractivity contribution in [3.63, 3.8) is 0 Å². The van der Waals surface area contributed by atoms with Crippen LogP contribution in [0.4, 0.5) is 0 Å². The number of nitrogens with zero attached hydrogens (tertiary/aromatic N) is 3. The van der Waals surface area contributed by atoms with Gasteiger partial charge in [-0.15, -0.1) is 16.8 Å². The summed E-state index contributed by atoms with van der Waals surface area (Å²) in [5.41, 5.74) is 1.01. The number of hydrogen-bond donors (Lipinski definition) is 1. The van der Waals surface area contributed by atoms with Crippen LogP contribution in [0.2, 0.25) is 0 Å². The summed E-state index contributed by atoms with van der Waals surface area (Å²) in [7, 11) is 0. The van der Waals surface area contributed by atoms with Gasteiger partial charge in [-0.25, -0.2) is 0 Å². The van der Waals surface area contributed by atoms with Crippen molar-refractivity contribution in [1.82, 2.24) is 14.8 Å². The molecule has 4 nitrogen and oxygen atoms in total. The standard InChI is InChI=1S/C12H13N3OS/c1-2-8-15-11(10-6-4-3-5-7-10)13-14-12(15)17-9-16/h2-7,16H,1,8-9H2. The summed E-state index contributed by atoms with van der Waals surface area (Å²) in [6.45, 7) is 4.35. The molecule has 2 aromatic rings. The molecule has 0 bridgehead atoms. The minimum Gasteiger partial charge on any atom is -0.385 e. The highest BCUT2D eigenvalue weighted by molar-refractivity contribution is 7.98. The predicted octanol–water partition coefficient (Wildman–Crippen LogP) is 2.17. The second kappa shape index (κ2) is 5.65. The maximum atomic E-state index is 8.95. The SMILES string of the molecule is C=CCn1c(SCO)nnc1-c1ccccc1. The normalized spacial score (nSPS) is 10.4. The lowest BCUT2D eigenvalue weighted by molar-refractivity contribution is 0.374. The minimum absolute atomic E-state index is 0.00986. The molecule has 0 atom stereocenters. The summed E-state index contributed by atoms with van der Waals surface area (Å²) in [5, 5.41) is 17.9. The lowest BCUT2D eigenvalue weighted by atomic mass is 10.2. The van der Waals surface area contributed by atoms with Gasteiger partial charge in [-0.05, 0) is 0 Å². The third-order valence-electron chi connectivity index (χ3n) is 2.25. The van der Waals surface area contributed by atoms with Gasteiger partial charge in [0.05, 0.1) is 5.94 Å². The zero-order valence-corrected chi connectivity index (χ0v) is 10.1. The summed E-state index contributed by atoms with van der Waals surface area (Å²) >= 11 is 1.25. The summed E-state index contributed by atoms with van der Waals surface area (Å²) < 4.78 is 1.93. The summed E-state index contributed by atoms with van der Waals surface area (Å²) in [6, 6.07) is 9.84. The monoisotopic (exact) mass is 247 g/mol. The van der Waals surface area contributed by atoms with E-state index < -0.39 is 0 Å². The fourth-order valence-electron chi connectivity index (χ4n) is 1.55. The van der Waals surface area contributed by atoms with Gasteiger partial charge < -0.3 is 5.11 Å². The molecule has 0 spiro atoms. The van der Waals surface area contributed by atoms with E-state index in [9.17, 15) is 0 Å². The fraction of sp³-hybridized carbons (Fsp3) is 0.167. The maximum Gasteiger partial charge on any atom is 0.194 e. The molecule has 0 saturated carbocycles. The van der Waals surface area contributed by atoms with E-state index in [1.807, 2.05) is 34.9 Å². The van der Waals surface area contributed by atoms with E-state index >= 15 is 0 Å². The van der Waals surface area contributed by atoms with Crippen molar-refractivity contribution in [2.75, 3.05) is 5.94 Å². The first-order valence-corrected chi connectivity index (χ1v) is 6.18. The van der Waals surface area contributed by atoms with Gasteiger partial charge in [0.1, 0.15) is 0 Å². The van der Waals surface area contributed by atoms with E-state index in [0.29, 0.717) is 11.7 Å². The predicted molar refractivity (Wildman–Crippen MR) is 68.6 cm³/mol. The van der Waals surface area contributed by atoms with Crippen LogP contribution in [0.15, 0.2) is 48.1 Å². The highest BCUT2D eigenvalue weighted by Gasteiger charge is 2.12. The lowest BCUT2D eigenvalue weighted by Crippen LogP contribution is -2.00. The summed E-state index contributed by atoms with van der Waals surface area (Å²) in [6.07, 6.45) is 1.79. The molecule has 88 valence electrons. The number of benzene rings is 1. The first kappa shape index (κ1) is 11.9. The molecule has 5 heteroatoms. The Morgan fingerprint density at radius 2 is 2.06 bits per heavy atom. The van der Waals surface area contributed by atoms with Crippen LogP contribution in [-0.4, -0.2) is 25.8 Å². The number of aliphatic hydroxyl groups is 1. The van der Waals surface area contributed by atoms with Crippen LogP contribution in [0.1, 0.15) is 0 Å². The van der Waals surface area contributed by atoms with E-state index in [0.717, 1.165) is 11.4 Å².